The Morgan fingerprint density at radius 2 is 2.26 bits per heavy atom. The first kappa shape index (κ1) is 14.0. The van der Waals surface area contributed by atoms with Crippen LogP contribution in [0.2, 0.25) is 0 Å². The van der Waals surface area contributed by atoms with Gasteiger partial charge in [0.05, 0.1) is 10.7 Å². The lowest BCUT2D eigenvalue weighted by Crippen LogP contribution is -2.14. The van der Waals surface area contributed by atoms with Gasteiger partial charge >= 0.3 is 0 Å². The van der Waals surface area contributed by atoms with Gasteiger partial charge in [0.2, 0.25) is 0 Å². The van der Waals surface area contributed by atoms with Gasteiger partial charge in [0.15, 0.2) is 0 Å². The van der Waals surface area contributed by atoms with Gasteiger partial charge in [-0.05, 0) is 39.1 Å². The minimum atomic E-state index is -0.256. The SMILES string of the molecule is CNC(C)c1cc(F)ccc1OCc1csc(C)n1. The van der Waals surface area contributed by atoms with Crippen LogP contribution in [0.5, 0.6) is 5.75 Å². The van der Waals surface area contributed by atoms with Gasteiger partial charge in [-0.2, -0.15) is 0 Å². The van der Waals surface area contributed by atoms with E-state index in [0.29, 0.717) is 12.4 Å². The van der Waals surface area contributed by atoms with E-state index in [1.54, 1.807) is 17.4 Å². The van der Waals surface area contributed by atoms with Crippen molar-refractivity contribution >= 4 is 11.3 Å². The third-order valence-corrected chi connectivity index (χ3v) is 3.74. The van der Waals surface area contributed by atoms with Crippen LogP contribution in [0.3, 0.4) is 0 Å². The summed E-state index contributed by atoms with van der Waals surface area (Å²) in [7, 11) is 1.84. The van der Waals surface area contributed by atoms with Gasteiger partial charge in [-0.3, -0.25) is 0 Å². The Kier molecular flexibility index (Phi) is 4.50. The molecule has 1 unspecified atom stereocenters. The molecule has 0 radical (unpaired) electrons. The van der Waals surface area contributed by atoms with E-state index < -0.39 is 0 Å². The van der Waals surface area contributed by atoms with Crippen LogP contribution in [0.15, 0.2) is 23.6 Å². The van der Waals surface area contributed by atoms with Crippen LogP contribution in [0, 0.1) is 12.7 Å². The Bertz CT molecular complexity index is 556. The molecule has 0 amide bonds. The number of aryl methyl sites for hydroxylation is 1. The van der Waals surface area contributed by atoms with Crippen molar-refractivity contribution in [2.75, 3.05) is 7.05 Å². The molecule has 0 saturated carbocycles. The molecule has 0 aliphatic rings. The highest BCUT2D eigenvalue weighted by atomic mass is 32.1. The third kappa shape index (κ3) is 3.52. The molecular formula is C14H17FN2OS. The van der Waals surface area contributed by atoms with Gasteiger partial charge in [-0.25, -0.2) is 9.37 Å². The number of hydrogen-bond donors (Lipinski definition) is 1. The molecule has 1 atom stereocenters. The maximum Gasteiger partial charge on any atom is 0.131 e. The lowest BCUT2D eigenvalue weighted by Gasteiger charge is -2.16. The standard InChI is InChI=1S/C14H17FN2OS/c1-9(16-3)13-6-11(15)4-5-14(13)18-7-12-8-19-10(2)17-12/h4-6,8-9,16H,7H2,1-3H3. The number of benzene rings is 1. The molecule has 3 nitrogen and oxygen atoms in total. The van der Waals surface area contributed by atoms with E-state index in [4.69, 9.17) is 4.74 Å². The molecule has 0 bridgehead atoms. The van der Waals surface area contributed by atoms with E-state index in [9.17, 15) is 4.39 Å². The molecule has 0 aliphatic carbocycles. The lowest BCUT2D eigenvalue weighted by atomic mass is 10.1. The Morgan fingerprint density at radius 3 is 2.89 bits per heavy atom. The number of thiazole rings is 1. The van der Waals surface area contributed by atoms with Crippen LogP contribution in [-0.4, -0.2) is 12.0 Å². The van der Waals surface area contributed by atoms with Crippen LogP contribution in [-0.2, 0) is 6.61 Å². The molecule has 1 aromatic carbocycles. The molecule has 102 valence electrons. The summed E-state index contributed by atoms with van der Waals surface area (Å²) in [6.45, 7) is 4.33. The molecule has 1 heterocycles. The van der Waals surface area contributed by atoms with E-state index >= 15 is 0 Å². The van der Waals surface area contributed by atoms with Crippen molar-refractivity contribution in [3.63, 3.8) is 0 Å². The molecule has 1 N–H and O–H groups in total. The topological polar surface area (TPSA) is 34.1 Å². The van der Waals surface area contributed by atoms with Gasteiger partial charge in [-0.1, -0.05) is 0 Å². The van der Waals surface area contributed by atoms with Crippen LogP contribution < -0.4 is 10.1 Å². The summed E-state index contributed by atoms with van der Waals surface area (Å²) in [6.07, 6.45) is 0. The van der Waals surface area contributed by atoms with Crippen LogP contribution in [0.1, 0.15) is 29.2 Å². The fourth-order valence-electron chi connectivity index (χ4n) is 1.77. The summed E-state index contributed by atoms with van der Waals surface area (Å²) in [5, 5.41) is 6.08. The summed E-state index contributed by atoms with van der Waals surface area (Å²) in [4.78, 5) is 4.34. The number of nitrogens with zero attached hydrogens (tertiary/aromatic N) is 1. The van der Waals surface area contributed by atoms with E-state index in [0.717, 1.165) is 16.3 Å². The highest BCUT2D eigenvalue weighted by Gasteiger charge is 2.12. The fraction of sp³-hybridized carbons (Fsp3) is 0.357. The van der Waals surface area contributed by atoms with Crippen molar-refractivity contribution in [3.05, 3.63) is 45.7 Å². The molecule has 1 aromatic heterocycles. The highest BCUT2D eigenvalue weighted by molar-refractivity contribution is 7.09. The Morgan fingerprint density at radius 1 is 1.47 bits per heavy atom. The van der Waals surface area contributed by atoms with Crippen molar-refractivity contribution in [3.8, 4) is 5.75 Å². The van der Waals surface area contributed by atoms with Crippen molar-refractivity contribution in [2.45, 2.75) is 26.5 Å². The largest absolute Gasteiger partial charge is 0.487 e. The van der Waals surface area contributed by atoms with E-state index in [-0.39, 0.29) is 11.9 Å². The van der Waals surface area contributed by atoms with Crippen molar-refractivity contribution in [1.82, 2.24) is 10.3 Å². The fourth-order valence-corrected chi connectivity index (χ4v) is 2.37. The van der Waals surface area contributed by atoms with Crippen molar-refractivity contribution < 1.29 is 9.13 Å². The summed E-state index contributed by atoms with van der Waals surface area (Å²) in [6, 6.07) is 4.61. The first-order valence-electron chi connectivity index (χ1n) is 6.10. The minimum Gasteiger partial charge on any atom is -0.487 e. The van der Waals surface area contributed by atoms with E-state index in [2.05, 4.69) is 10.3 Å². The first-order chi connectivity index (χ1) is 9.10. The quantitative estimate of drug-likeness (QED) is 0.911. The molecule has 0 fully saturated rings. The zero-order valence-corrected chi connectivity index (χ0v) is 12.1. The molecule has 2 rings (SSSR count). The summed E-state index contributed by atoms with van der Waals surface area (Å²) >= 11 is 1.59. The van der Waals surface area contributed by atoms with E-state index in [1.165, 1.54) is 12.1 Å². The molecule has 0 saturated heterocycles. The van der Waals surface area contributed by atoms with Crippen LogP contribution >= 0.6 is 11.3 Å². The summed E-state index contributed by atoms with van der Waals surface area (Å²) in [5.74, 6) is 0.433. The predicted molar refractivity (Wildman–Crippen MR) is 75.1 cm³/mol. The van der Waals surface area contributed by atoms with E-state index in [1.807, 2.05) is 26.3 Å². The van der Waals surface area contributed by atoms with Gasteiger partial charge in [0.25, 0.3) is 0 Å². The number of rotatable bonds is 5. The van der Waals surface area contributed by atoms with Gasteiger partial charge in [0.1, 0.15) is 18.2 Å². The number of hydrogen-bond acceptors (Lipinski definition) is 4. The maximum atomic E-state index is 13.3. The van der Waals surface area contributed by atoms with Crippen molar-refractivity contribution in [2.24, 2.45) is 0 Å². The second-order valence-electron chi connectivity index (χ2n) is 4.34. The van der Waals surface area contributed by atoms with Gasteiger partial charge < -0.3 is 10.1 Å². The second-order valence-corrected chi connectivity index (χ2v) is 5.40. The molecule has 0 aliphatic heterocycles. The third-order valence-electron chi connectivity index (χ3n) is 2.91. The maximum absolute atomic E-state index is 13.3. The first-order valence-corrected chi connectivity index (χ1v) is 6.98. The van der Waals surface area contributed by atoms with Crippen molar-refractivity contribution in [1.29, 1.82) is 0 Å². The normalized spacial score (nSPS) is 12.4. The monoisotopic (exact) mass is 280 g/mol. The molecule has 19 heavy (non-hydrogen) atoms. The predicted octanol–water partition coefficient (Wildman–Crippen LogP) is 3.45. The Hall–Kier alpha value is -1.46. The smallest absolute Gasteiger partial charge is 0.131 e. The molecule has 2 aromatic rings. The minimum absolute atomic E-state index is 0.0304. The number of ether oxygens (including phenoxy) is 1. The lowest BCUT2D eigenvalue weighted by molar-refractivity contribution is 0.295. The summed E-state index contributed by atoms with van der Waals surface area (Å²) in [5.41, 5.74) is 1.71. The van der Waals surface area contributed by atoms with Gasteiger partial charge in [-0.15, -0.1) is 11.3 Å². The number of aromatic nitrogens is 1. The average Bonchev–Trinajstić information content (AvgIpc) is 2.82. The second kappa shape index (κ2) is 6.12. The van der Waals surface area contributed by atoms with Gasteiger partial charge in [0, 0.05) is 17.0 Å². The highest BCUT2D eigenvalue weighted by Crippen LogP contribution is 2.26. The molecular weight excluding hydrogens is 263 g/mol. The Labute approximate surface area is 116 Å². The molecule has 5 heteroatoms. The Balaban J connectivity index is 2.15. The molecule has 0 spiro atoms. The zero-order valence-electron chi connectivity index (χ0n) is 11.2. The van der Waals surface area contributed by atoms with Crippen LogP contribution in [0.4, 0.5) is 4.39 Å². The number of halogens is 1. The average molecular weight is 280 g/mol. The zero-order chi connectivity index (χ0) is 13.8. The summed E-state index contributed by atoms with van der Waals surface area (Å²) < 4.78 is 19.1. The number of nitrogens with one attached hydrogen (secondary N) is 1. The van der Waals surface area contributed by atoms with Crippen LogP contribution in [0.25, 0.3) is 0 Å².